The van der Waals surface area contributed by atoms with Gasteiger partial charge in [-0.15, -0.1) is 0 Å². The smallest absolute Gasteiger partial charge is 0.316 e. The van der Waals surface area contributed by atoms with E-state index in [0.29, 0.717) is 28.6 Å². The number of furan rings is 1. The number of aromatic nitrogens is 2. The topological polar surface area (TPSA) is 99.6 Å². The highest BCUT2D eigenvalue weighted by Crippen LogP contribution is 2.35. The summed E-state index contributed by atoms with van der Waals surface area (Å²) >= 11 is 0. The number of nitrogens with one attached hydrogen (secondary N) is 1. The van der Waals surface area contributed by atoms with E-state index in [1.165, 1.54) is 6.26 Å². The number of benzene rings is 1. The molecule has 0 unspecified atom stereocenters. The standard InChI is InChI=1S/C15H11N3O5/c19-14(16-7-10-2-1-5-20-10)15-17-13(18-23-15)9-3-4-11-12(6-9)22-8-21-11/h1-6H,7-8H2,(H,16,19). The van der Waals surface area contributed by atoms with Gasteiger partial charge in [-0.1, -0.05) is 5.16 Å². The van der Waals surface area contributed by atoms with E-state index >= 15 is 0 Å². The molecule has 8 nitrogen and oxygen atoms in total. The van der Waals surface area contributed by atoms with Crippen LogP contribution in [0.25, 0.3) is 11.4 Å². The lowest BCUT2D eigenvalue weighted by Crippen LogP contribution is -2.22. The Morgan fingerprint density at radius 1 is 1.22 bits per heavy atom. The maximum atomic E-state index is 12.0. The summed E-state index contributed by atoms with van der Waals surface area (Å²) in [4.78, 5) is 16.1. The fourth-order valence-electron chi connectivity index (χ4n) is 2.12. The minimum Gasteiger partial charge on any atom is -0.467 e. The van der Waals surface area contributed by atoms with Gasteiger partial charge in [0.25, 0.3) is 0 Å². The summed E-state index contributed by atoms with van der Waals surface area (Å²) in [6.07, 6.45) is 1.53. The largest absolute Gasteiger partial charge is 0.467 e. The Kier molecular flexibility index (Phi) is 3.19. The van der Waals surface area contributed by atoms with Crippen molar-refractivity contribution < 1.29 is 23.2 Å². The van der Waals surface area contributed by atoms with Crippen LogP contribution in [-0.4, -0.2) is 22.8 Å². The molecule has 1 aliphatic heterocycles. The summed E-state index contributed by atoms with van der Waals surface area (Å²) < 4.78 is 20.7. The Bertz CT molecular complexity index is 841. The quantitative estimate of drug-likeness (QED) is 0.786. The molecule has 0 aliphatic carbocycles. The van der Waals surface area contributed by atoms with Gasteiger partial charge in [0.05, 0.1) is 12.8 Å². The molecule has 0 atom stereocenters. The zero-order valence-corrected chi connectivity index (χ0v) is 11.8. The van der Waals surface area contributed by atoms with Crippen LogP contribution in [0.4, 0.5) is 0 Å². The first kappa shape index (κ1) is 13.4. The van der Waals surface area contributed by atoms with Crippen molar-refractivity contribution in [3.8, 4) is 22.9 Å². The van der Waals surface area contributed by atoms with Crippen LogP contribution in [0.1, 0.15) is 16.4 Å². The minimum absolute atomic E-state index is 0.121. The van der Waals surface area contributed by atoms with Gasteiger partial charge in [-0.05, 0) is 30.3 Å². The number of fused-ring (bicyclic) bond motifs is 1. The van der Waals surface area contributed by atoms with Gasteiger partial charge < -0.3 is 23.7 Å². The SMILES string of the molecule is O=C(NCc1ccco1)c1nc(-c2ccc3c(c2)OCO3)no1. The Morgan fingerprint density at radius 2 is 2.13 bits per heavy atom. The molecule has 8 heteroatoms. The first-order valence-corrected chi connectivity index (χ1v) is 6.84. The molecule has 23 heavy (non-hydrogen) atoms. The van der Waals surface area contributed by atoms with Gasteiger partial charge in [-0.2, -0.15) is 4.98 Å². The Labute approximate surface area is 130 Å². The number of amides is 1. The lowest BCUT2D eigenvalue weighted by Gasteiger charge is -1.98. The third kappa shape index (κ3) is 2.61. The molecule has 0 saturated heterocycles. The van der Waals surface area contributed by atoms with Crippen LogP contribution in [0.5, 0.6) is 11.5 Å². The molecule has 4 rings (SSSR count). The van der Waals surface area contributed by atoms with Gasteiger partial charge in [0.1, 0.15) is 5.76 Å². The van der Waals surface area contributed by atoms with Gasteiger partial charge in [0.2, 0.25) is 12.6 Å². The second kappa shape index (κ2) is 5.48. The summed E-state index contributed by atoms with van der Waals surface area (Å²) in [5.74, 6) is 1.61. The molecular formula is C15H11N3O5. The average Bonchev–Trinajstić information content (AvgIpc) is 3.32. The molecule has 0 bridgehead atoms. The molecule has 0 radical (unpaired) electrons. The first-order valence-electron chi connectivity index (χ1n) is 6.84. The molecule has 0 saturated carbocycles. The maximum absolute atomic E-state index is 12.0. The van der Waals surface area contributed by atoms with Crippen LogP contribution in [0.3, 0.4) is 0 Å². The molecule has 0 fully saturated rings. The summed E-state index contributed by atoms with van der Waals surface area (Å²) in [6.45, 7) is 0.430. The normalized spacial score (nSPS) is 12.3. The van der Waals surface area contributed by atoms with Gasteiger partial charge in [-0.25, -0.2) is 0 Å². The Morgan fingerprint density at radius 3 is 3.00 bits per heavy atom. The van der Waals surface area contributed by atoms with E-state index in [1.54, 1.807) is 30.3 Å². The van der Waals surface area contributed by atoms with Gasteiger partial charge in [0.15, 0.2) is 11.5 Å². The maximum Gasteiger partial charge on any atom is 0.316 e. The van der Waals surface area contributed by atoms with Gasteiger partial charge in [0, 0.05) is 5.56 Å². The van der Waals surface area contributed by atoms with E-state index < -0.39 is 5.91 Å². The molecule has 1 aromatic carbocycles. The van der Waals surface area contributed by atoms with Crippen molar-refractivity contribution in [3.05, 3.63) is 48.2 Å². The summed E-state index contributed by atoms with van der Waals surface area (Å²) in [6, 6.07) is 8.75. The predicted octanol–water partition coefficient (Wildman–Crippen LogP) is 1.99. The second-order valence-electron chi connectivity index (χ2n) is 4.75. The third-order valence-corrected chi connectivity index (χ3v) is 3.25. The van der Waals surface area contributed by atoms with Crippen molar-refractivity contribution in [2.24, 2.45) is 0 Å². The van der Waals surface area contributed by atoms with Crippen LogP contribution in [0, 0.1) is 0 Å². The zero-order chi connectivity index (χ0) is 15.6. The van der Waals surface area contributed by atoms with Crippen molar-refractivity contribution in [1.82, 2.24) is 15.5 Å². The van der Waals surface area contributed by atoms with Crippen molar-refractivity contribution in [1.29, 1.82) is 0 Å². The van der Waals surface area contributed by atoms with E-state index in [0.717, 1.165) is 0 Å². The highest BCUT2D eigenvalue weighted by Gasteiger charge is 2.19. The Hall–Kier alpha value is -3.29. The van der Waals surface area contributed by atoms with Crippen molar-refractivity contribution >= 4 is 5.91 Å². The van der Waals surface area contributed by atoms with Crippen LogP contribution in [0.2, 0.25) is 0 Å². The van der Waals surface area contributed by atoms with E-state index in [-0.39, 0.29) is 19.2 Å². The van der Waals surface area contributed by atoms with Gasteiger partial charge in [-0.3, -0.25) is 4.79 Å². The highest BCUT2D eigenvalue weighted by molar-refractivity contribution is 5.89. The summed E-state index contributed by atoms with van der Waals surface area (Å²) in [5.41, 5.74) is 0.670. The number of hydrogen-bond acceptors (Lipinski definition) is 7. The molecule has 2 aromatic heterocycles. The summed E-state index contributed by atoms with van der Waals surface area (Å²) in [7, 11) is 0. The molecule has 0 spiro atoms. The fraction of sp³-hybridized carbons (Fsp3) is 0.133. The molecule has 3 aromatic rings. The number of rotatable bonds is 4. The van der Waals surface area contributed by atoms with Crippen molar-refractivity contribution in [3.63, 3.8) is 0 Å². The molecule has 1 aliphatic rings. The molecule has 3 heterocycles. The molecule has 1 N–H and O–H groups in total. The Balaban J connectivity index is 1.49. The van der Waals surface area contributed by atoms with Gasteiger partial charge >= 0.3 is 11.8 Å². The second-order valence-corrected chi connectivity index (χ2v) is 4.75. The van der Waals surface area contributed by atoms with Crippen LogP contribution in [-0.2, 0) is 6.54 Å². The zero-order valence-electron chi connectivity index (χ0n) is 11.8. The van der Waals surface area contributed by atoms with E-state index in [1.807, 2.05) is 0 Å². The van der Waals surface area contributed by atoms with Crippen LogP contribution >= 0.6 is 0 Å². The number of nitrogens with zero attached hydrogens (tertiary/aromatic N) is 2. The average molecular weight is 313 g/mol. The van der Waals surface area contributed by atoms with Crippen LogP contribution in [0.15, 0.2) is 45.5 Å². The third-order valence-electron chi connectivity index (χ3n) is 3.25. The monoisotopic (exact) mass is 313 g/mol. The number of carbonyl (C=O) groups excluding carboxylic acids is 1. The lowest BCUT2D eigenvalue weighted by molar-refractivity contribution is 0.0904. The molecule has 1 amide bonds. The number of carbonyl (C=O) groups is 1. The first-order chi connectivity index (χ1) is 11.3. The number of ether oxygens (including phenoxy) is 2. The minimum atomic E-state index is -0.471. The van der Waals surface area contributed by atoms with E-state index in [2.05, 4.69) is 15.5 Å². The lowest BCUT2D eigenvalue weighted by atomic mass is 10.2. The van der Waals surface area contributed by atoms with Crippen LogP contribution < -0.4 is 14.8 Å². The predicted molar refractivity (Wildman–Crippen MR) is 75.7 cm³/mol. The fourth-order valence-corrected chi connectivity index (χ4v) is 2.12. The number of hydrogen-bond donors (Lipinski definition) is 1. The van der Waals surface area contributed by atoms with Crippen molar-refractivity contribution in [2.45, 2.75) is 6.54 Å². The van der Waals surface area contributed by atoms with Crippen molar-refractivity contribution in [2.75, 3.05) is 6.79 Å². The molecular weight excluding hydrogens is 302 g/mol. The van der Waals surface area contributed by atoms with E-state index in [9.17, 15) is 4.79 Å². The summed E-state index contributed by atoms with van der Waals surface area (Å²) in [5, 5.41) is 6.45. The highest BCUT2D eigenvalue weighted by atomic mass is 16.7. The molecule has 116 valence electrons. The van der Waals surface area contributed by atoms with E-state index in [4.69, 9.17) is 18.4 Å².